The van der Waals surface area contributed by atoms with E-state index in [0.29, 0.717) is 6.04 Å². The third kappa shape index (κ3) is 5.51. The first-order valence-electron chi connectivity index (χ1n) is 8.17. The predicted octanol–water partition coefficient (Wildman–Crippen LogP) is 3.45. The van der Waals surface area contributed by atoms with E-state index < -0.39 is 0 Å². The first-order chi connectivity index (χ1) is 9.78. The predicted molar refractivity (Wildman–Crippen MR) is 87.3 cm³/mol. The highest BCUT2D eigenvalue weighted by molar-refractivity contribution is 7.11. The van der Waals surface area contributed by atoms with Crippen LogP contribution < -0.4 is 5.32 Å². The zero-order chi connectivity index (χ0) is 14.2. The second-order valence-electron chi connectivity index (χ2n) is 5.92. The molecule has 0 bridgehead atoms. The molecule has 1 aliphatic heterocycles. The SMILES string of the molecule is CCC(C)NCc1cnc(CCN2CCCCCC2)s1. The monoisotopic (exact) mass is 295 g/mol. The third-order valence-electron chi connectivity index (χ3n) is 4.18. The Balaban J connectivity index is 1.71. The van der Waals surface area contributed by atoms with Gasteiger partial charge in [-0.3, -0.25) is 0 Å². The molecule has 20 heavy (non-hydrogen) atoms. The number of aromatic nitrogens is 1. The Morgan fingerprint density at radius 2 is 2.05 bits per heavy atom. The first-order valence-corrected chi connectivity index (χ1v) is 8.99. The van der Waals surface area contributed by atoms with Gasteiger partial charge in [-0.1, -0.05) is 19.8 Å². The smallest absolute Gasteiger partial charge is 0.0940 e. The van der Waals surface area contributed by atoms with Crippen LogP contribution in [-0.2, 0) is 13.0 Å². The maximum absolute atomic E-state index is 4.58. The van der Waals surface area contributed by atoms with Gasteiger partial charge < -0.3 is 10.2 Å². The van der Waals surface area contributed by atoms with Crippen molar-refractivity contribution in [2.45, 2.75) is 65.0 Å². The van der Waals surface area contributed by atoms with Crippen LogP contribution in [0.15, 0.2) is 6.20 Å². The average Bonchev–Trinajstić information content (AvgIpc) is 2.76. The number of nitrogens with one attached hydrogen (secondary N) is 1. The van der Waals surface area contributed by atoms with Crippen LogP contribution in [0, 0.1) is 0 Å². The van der Waals surface area contributed by atoms with Gasteiger partial charge in [0.15, 0.2) is 0 Å². The van der Waals surface area contributed by atoms with Crippen LogP contribution >= 0.6 is 11.3 Å². The average molecular weight is 295 g/mol. The number of nitrogens with zero attached hydrogens (tertiary/aromatic N) is 2. The molecule has 2 heterocycles. The molecule has 1 aliphatic rings. The van der Waals surface area contributed by atoms with Crippen LogP contribution in [0.4, 0.5) is 0 Å². The molecule has 1 N–H and O–H groups in total. The Morgan fingerprint density at radius 1 is 1.30 bits per heavy atom. The minimum absolute atomic E-state index is 0.595. The minimum Gasteiger partial charge on any atom is -0.309 e. The Kier molecular flexibility index (Phi) is 6.97. The Labute approximate surface area is 127 Å². The van der Waals surface area contributed by atoms with Gasteiger partial charge in [0.2, 0.25) is 0 Å². The van der Waals surface area contributed by atoms with Crippen LogP contribution in [0.2, 0.25) is 0 Å². The quantitative estimate of drug-likeness (QED) is 0.835. The summed E-state index contributed by atoms with van der Waals surface area (Å²) in [6, 6.07) is 0.595. The molecule has 0 amide bonds. The Bertz CT molecular complexity index is 370. The maximum Gasteiger partial charge on any atom is 0.0940 e. The van der Waals surface area contributed by atoms with E-state index in [1.165, 1.54) is 61.6 Å². The number of rotatable bonds is 7. The van der Waals surface area contributed by atoms with Crippen LogP contribution in [-0.4, -0.2) is 35.6 Å². The standard InChI is InChI=1S/C16H29N3S/c1-3-14(2)17-12-15-13-18-16(20-15)8-11-19-9-6-4-5-7-10-19/h13-14,17H,3-12H2,1-2H3. The Morgan fingerprint density at radius 3 is 2.75 bits per heavy atom. The fraction of sp³-hybridized carbons (Fsp3) is 0.812. The lowest BCUT2D eigenvalue weighted by Gasteiger charge is -2.18. The summed E-state index contributed by atoms with van der Waals surface area (Å²) in [5.74, 6) is 0. The van der Waals surface area contributed by atoms with E-state index in [1.54, 1.807) is 0 Å². The fourth-order valence-corrected chi connectivity index (χ4v) is 3.44. The number of thiazole rings is 1. The van der Waals surface area contributed by atoms with E-state index >= 15 is 0 Å². The van der Waals surface area contributed by atoms with E-state index in [9.17, 15) is 0 Å². The largest absolute Gasteiger partial charge is 0.309 e. The molecule has 4 heteroatoms. The minimum atomic E-state index is 0.595. The van der Waals surface area contributed by atoms with Crippen molar-refractivity contribution in [2.75, 3.05) is 19.6 Å². The number of likely N-dealkylation sites (tertiary alicyclic amines) is 1. The summed E-state index contributed by atoms with van der Waals surface area (Å²) in [7, 11) is 0. The van der Waals surface area contributed by atoms with Gasteiger partial charge >= 0.3 is 0 Å². The van der Waals surface area contributed by atoms with Crippen molar-refractivity contribution in [3.05, 3.63) is 16.1 Å². The molecular weight excluding hydrogens is 266 g/mol. The lowest BCUT2D eigenvalue weighted by atomic mass is 10.2. The summed E-state index contributed by atoms with van der Waals surface area (Å²) in [6.45, 7) is 9.18. The summed E-state index contributed by atoms with van der Waals surface area (Å²) in [4.78, 5) is 8.57. The van der Waals surface area contributed by atoms with Gasteiger partial charge in [0.05, 0.1) is 5.01 Å². The van der Waals surface area contributed by atoms with E-state index in [2.05, 4.69) is 35.2 Å². The molecule has 1 fully saturated rings. The van der Waals surface area contributed by atoms with Crippen molar-refractivity contribution in [3.8, 4) is 0 Å². The van der Waals surface area contributed by atoms with Gasteiger partial charge in [-0.05, 0) is 39.3 Å². The molecule has 2 rings (SSSR count). The number of hydrogen-bond donors (Lipinski definition) is 1. The van der Waals surface area contributed by atoms with Crippen molar-refractivity contribution in [2.24, 2.45) is 0 Å². The Hall–Kier alpha value is -0.450. The molecule has 0 aromatic carbocycles. The lowest BCUT2D eigenvalue weighted by Crippen LogP contribution is -2.26. The van der Waals surface area contributed by atoms with Gasteiger partial charge in [0.25, 0.3) is 0 Å². The summed E-state index contributed by atoms with van der Waals surface area (Å²) in [5, 5.41) is 4.84. The van der Waals surface area contributed by atoms with Crippen LogP contribution in [0.25, 0.3) is 0 Å². The second-order valence-corrected chi connectivity index (χ2v) is 7.12. The molecule has 0 spiro atoms. The molecular formula is C16H29N3S. The van der Waals surface area contributed by atoms with E-state index in [0.717, 1.165) is 13.0 Å². The van der Waals surface area contributed by atoms with Gasteiger partial charge in [0.1, 0.15) is 0 Å². The zero-order valence-corrected chi connectivity index (χ0v) is 13.8. The summed E-state index contributed by atoms with van der Waals surface area (Å²) in [6.07, 6.45) is 9.94. The van der Waals surface area contributed by atoms with Crippen molar-refractivity contribution < 1.29 is 0 Å². The van der Waals surface area contributed by atoms with Gasteiger partial charge in [-0.2, -0.15) is 0 Å². The van der Waals surface area contributed by atoms with Crippen LogP contribution in [0.5, 0.6) is 0 Å². The third-order valence-corrected chi connectivity index (χ3v) is 5.24. The molecule has 0 radical (unpaired) electrons. The highest BCUT2D eigenvalue weighted by atomic mass is 32.1. The van der Waals surface area contributed by atoms with Crippen molar-refractivity contribution >= 4 is 11.3 Å². The first kappa shape index (κ1) is 15.9. The van der Waals surface area contributed by atoms with Gasteiger partial charge in [-0.25, -0.2) is 4.98 Å². The zero-order valence-electron chi connectivity index (χ0n) is 13.0. The number of hydrogen-bond acceptors (Lipinski definition) is 4. The van der Waals surface area contributed by atoms with E-state index in [4.69, 9.17) is 0 Å². The molecule has 3 nitrogen and oxygen atoms in total. The molecule has 1 aromatic heterocycles. The molecule has 1 unspecified atom stereocenters. The summed E-state index contributed by atoms with van der Waals surface area (Å²) >= 11 is 1.88. The topological polar surface area (TPSA) is 28.2 Å². The lowest BCUT2D eigenvalue weighted by molar-refractivity contribution is 0.288. The normalized spacial score (nSPS) is 18.9. The second kappa shape index (κ2) is 8.75. The fourth-order valence-electron chi connectivity index (χ4n) is 2.58. The highest BCUT2D eigenvalue weighted by Crippen LogP contribution is 2.15. The molecule has 1 aromatic rings. The summed E-state index contributed by atoms with van der Waals surface area (Å²) < 4.78 is 0. The van der Waals surface area contributed by atoms with E-state index in [-0.39, 0.29) is 0 Å². The van der Waals surface area contributed by atoms with Crippen molar-refractivity contribution in [3.63, 3.8) is 0 Å². The van der Waals surface area contributed by atoms with Crippen molar-refractivity contribution in [1.29, 1.82) is 0 Å². The van der Waals surface area contributed by atoms with Gasteiger partial charge in [-0.15, -0.1) is 11.3 Å². The molecule has 0 saturated carbocycles. The summed E-state index contributed by atoms with van der Waals surface area (Å²) in [5.41, 5.74) is 0. The van der Waals surface area contributed by atoms with Crippen LogP contribution in [0.3, 0.4) is 0 Å². The van der Waals surface area contributed by atoms with E-state index in [1.807, 2.05) is 11.3 Å². The van der Waals surface area contributed by atoms with Gasteiger partial charge in [0, 0.05) is 36.6 Å². The highest BCUT2D eigenvalue weighted by Gasteiger charge is 2.10. The molecule has 114 valence electrons. The van der Waals surface area contributed by atoms with Crippen LogP contribution in [0.1, 0.15) is 55.8 Å². The van der Waals surface area contributed by atoms with Crippen molar-refractivity contribution in [1.82, 2.24) is 15.2 Å². The maximum atomic E-state index is 4.58. The molecule has 1 atom stereocenters. The molecule has 0 aliphatic carbocycles. The molecule has 1 saturated heterocycles.